The first-order valence-electron chi connectivity index (χ1n) is 3.12. The molecule has 3 nitrogen and oxygen atoms in total. The molecule has 0 bridgehead atoms. The van der Waals surface area contributed by atoms with Gasteiger partial charge in [0.2, 0.25) is 0 Å². The summed E-state index contributed by atoms with van der Waals surface area (Å²) in [6, 6.07) is 0. The van der Waals surface area contributed by atoms with Crippen LogP contribution in [0.3, 0.4) is 0 Å². The maximum absolute atomic E-state index is 11.9. The summed E-state index contributed by atoms with van der Waals surface area (Å²) < 4.78 is 20.6. The highest BCUT2D eigenvalue weighted by Gasteiger charge is 2.03. The fourth-order valence-electron chi connectivity index (χ4n) is 0.304. The first kappa shape index (κ1) is 10.1. The lowest BCUT2D eigenvalue weighted by Crippen LogP contribution is -2.11. The SMILES string of the molecule is C=C(C)C(=O)OCOC(C)F. The number of hydrogen-bond donors (Lipinski definition) is 0. The molecule has 0 saturated carbocycles. The third-order valence-corrected chi connectivity index (χ3v) is 0.836. The number of ether oxygens (including phenoxy) is 2. The standard InChI is InChI=1S/C7H11FO3/c1-5(2)7(9)11-4-10-6(3)8/h6H,1,4H2,2-3H3. The molecule has 0 fully saturated rings. The van der Waals surface area contributed by atoms with Crippen LogP contribution in [0.2, 0.25) is 0 Å². The van der Waals surface area contributed by atoms with E-state index in [-0.39, 0.29) is 12.4 Å². The molecule has 0 aromatic carbocycles. The Kier molecular flexibility index (Phi) is 4.45. The smallest absolute Gasteiger partial charge is 0.335 e. The second kappa shape index (κ2) is 4.85. The average Bonchev–Trinajstić information content (AvgIpc) is 1.86. The van der Waals surface area contributed by atoms with E-state index in [0.29, 0.717) is 0 Å². The Balaban J connectivity index is 3.40. The normalized spacial score (nSPS) is 12.3. The molecular weight excluding hydrogens is 151 g/mol. The minimum atomic E-state index is -1.42. The van der Waals surface area contributed by atoms with Crippen molar-refractivity contribution in [2.45, 2.75) is 20.2 Å². The summed E-state index contributed by atoms with van der Waals surface area (Å²) in [5, 5.41) is 0. The summed E-state index contributed by atoms with van der Waals surface area (Å²) in [6.45, 7) is 5.66. The second-order valence-corrected chi connectivity index (χ2v) is 2.04. The summed E-state index contributed by atoms with van der Waals surface area (Å²) in [5.74, 6) is -0.578. The topological polar surface area (TPSA) is 35.5 Å². The van der Waals surface area contributed by atoms with E-state index < -0.39 is 12.3 Å². The van der Waals surface area contributed by atoms with Crippen LogP contribution in [0.4, 0.5) is 4.39 Å². The Bertz CT molecular complexity index is 154. The molecule has 0 saturated heterocycles. The molecule has 0 aromatic heterocycles. The first-order valence-corrected chi connectivity index (χ1v) is 3.12. The van der Waals surface area contributed by atoms with Crippen LogP contribution in [0.15, 0.2) is 12.2 Å². The van der Waals surface area contributed by atoms with Crippen molar-refractivity contribution in [3.63, 3.8) is 0 Å². The molecule has 0 aliphatic heterocycles. The van der Waals surface area contributed by atoms with Crippen LogP contribution in [-0.4, -0.2) is 19.1 Å². The van der Waals surface area contributed by atoms with Gasteiger partial charge in [0.25, 0.3) is 0 Å². The van der Waals surface area contributed by atoms with E-state index in [0.717, 1.165) is 0 Å². The monoisotopic (exact) mass is 162 g/mol. The van der Waals surface area contributed by atoms with Gasteiger partial charge < -0.3 is 9.47 Å². The van der Waals surface area contributed by atoms with Crippen LogP contribution in [0.1, 0.15) is 13.8 Å². The summed E-state index contributed by atoms with van der Waals surface area (Å²) in [6.07, 6.45) is -1.42. The number of carbonyl (C=O) groups excluding carboxylic acids is 1. The van der Waals surface area contributed by atoms with Gasteiger partial charge in [-0.2, -0.15) is 0 Å². The van der Waals surface area contributed by atoms with Crippen LogP contribution >= 0.6 is 0 Å². The molecule has 64 valence electrons. The summed E-state index contributed by atoms with van der Waals surface area (Å²) in [7, 11) is 0. The van der Waals surface area contributed by atoms with Gasteiger partial charge in [-0.1, -0.05) is 6.58 Å². The van der Waals surface area contributed by atoms with Crippen molar-refractivity contribution in [1.82, 2.24) is 0 Å². The Hall–Kier alpha value is -0.900. The Morgan fingerprint density at radius 2 is 2.27 bits per heavy atom. The third kappa shape index (κ3) is 5.54. The molecule has 1 unspecified atom stereocenters. The molecular formula is C7H11FO3. The number of esters is 1. The maximum atomic E-state index is 11.9. The van der Waals surface area contributed by atoms with Crippen molar-refractivity contribution in [3.8, 4) is 0 Å². The van der Waals surface area contributed by atoms with Crippen LogP contribution in [0.25, 0.3) is 0 Å². The molecule has 1 atom stereocenters. The second-order valence-electron chi connectivity index (χ2n) is 2.04. The highest BCUT2D eigenvalue weighted by Crippen LogP contribution is 1.95. The van der Waals surface area contributed by atoms with E-state index in [2.05, 4.69) is 16.1 Å². The fourth-order valence-corrected chi connectivity index (χ4v) is 0.304. The minimum absolute atomic E-state index is 0.264. The Morgan fingerprint density at radius 3 is 2.64 bits per heavy atom. The lowest BCUT2D eigenvalue weighted by Gasteiger charge is -2.05. The molecule has 4 heteroatoms. The van der Waals surface area contributed by atoms with E-state index in [1.807, 2.05) is 0 Å². The first-order chi connectivity index (χ1) is 5.04. The summed E-state index contributed by atoms with van der Waals surface area (Å²) >= 11 is 0. The van der Waals surface area contributed by atoms with E-state index in [1.165, 1.54) is 13.8 Å². The van der Waals surface area contributed by atoms with Gasteiger partial charge in [0.05, 0.1) is 0 Å². The van der Waals surface area contributed by atoms with Crippen molar-refractivity contribution in [1.29, 1.82) is 0 Å². The van der Waals surface area contributed by atoms with Crippen LogP contribution in [0.5, 0.6) is 0 Å². The van der Waals surface area contributed by atoms with Crippen LogP contribution < -0.4 is 0 Å². The van der Waals surface area contributed by atoms with Gasteiger partial charge >= 0.3 is 5.97 Å². The zero-order valence-electron chi connectivity index (χ0n) is 6.59. The number of rotatable bonds is 4. The number of carbonyl (C=O) groups is 1. The van der Waals surface area contributed by atoms with Gasteiger partial charge in [-0.05, 0) is 13.8 Å². The van der Waals surface area contributed by atoms with E-state index >= 15 is 0 Å². The van der Waals surface area contributed by atoms with Gasteiger partial charge in [-0.15, -0.1) is 0 Å². The Labute approximate surface area is 64.8 Å². The molecule has 0 rings (SSSR count). The molecule has 0 heterocycles. The molecule has 0 aliphatic rings. The predicted octanol–water partition coefficient (Wildman–Crippen LogP) is 1.40. The van der Waals surface area contributed by atoms with E-state index in [1.54, 1.807) is 0 Å². The van der Waals surface area contributed by atoms with E-state index in [9.17, 15) is 9.18 Å². The highest BCUT2D eigenvalue weighted by molar-refractivity contribution is 5.86. The maximum Gasteiger partial charge on any atom is 0.335 e. The molecule has 0 N–H and O–H groups in total. The molecule has 0 radical (unpaired) electrons. The highest BCUT2D eigenvalue weighted by atomic mass is 19.1. The van der Waals surface area contributed by atoms with E-state index in [4.69, 9.17) is 0 Å². The van der Waals surface area contributed by atoms with Crippen LogP contribution in [0, 0.1) is 0 Å². The van der Waals surface area contributed by atoms with Crippen molar-refractivity contribution >= 4 is 5.97 Å². The van der Waals surface area contributed by atoms with Crippen LogP contribution in [-0.2, 0) is 14.3 Å². The number of alkyl halides is 1. The summed E-state index contributed by atoms with van der Waals surface area (Å²) in [4.78, 5) is 10.6. The summed E-state index contributed by atoms with van der Waals surface area (Å²) in [5.41, 5.74) is 0.264. The number of halogens is 1. The largest absolute Gasteiger partial charge is 0.435 e. The van der Waals surface area contributed by atoms with Gasteiger partial charge in [0.1, 0.15) is 0 Å². The predicted molar refractivity (Wildman–Crippen MR) is 37.4 cm³/mol. The molecule has 0 spiro atoms. The van der Waals surface area contributed by atoms with Gasteiger partial charge in [-0.3, -0.25) is 0 Å². The Morgan fingerprint density at radius 1 is 1.73 bits per heavy atom. The zero-order chi connectivity index (χ0) is 8.85. The fraction of sp³-hybridized carbons (Fsp3) is 0.571. The van der Waals surface area contributed by atoms with Crippen molar-refractivity contribution < 1.29 is 18.7 Å². The molecule has 11 heavy (non-hydrogen) atoms. The van der Waals surface area contributed by atoms with Crippen molar-refractivity contribution in [2.75, 3.05) is 6.79 Å². The zero-order valence-corrected chi connectivity index (χ0v) is 6.59. The average molecular weight is 162 g/mol. The molecule has 0 amide bonds. The lowest BCUT2D eigenvalue weighted by atomic mass is 10.4. The van der Waals surface area contributed by atoms with Gasteiger partial charge in [-0.25, -0.2) is 9.18 Å². The number of hydrogen-bond acceptors (Lipinski definition) is 3. The van der Waals surface area contributed by atoms with Crippen molar-refractivity contribution in [2.24, 2.45) is 0 Å². The lowest BCUT2D eigenvalue weighted by molar-refractivity contribution is -0.163. The van der Waals surface area contributed by atoms with Gasteiger partial charge in [0.15, 0.2) is 13.2 Å². The minimum Gasteiger partial charge on any atom is -0.435 e. The van der Waals surface area contributed by atoms with Crippen molar-refractivity contribution in [3.05, 3.63) is 12.2 Å². The van der Waals surface area contributed by atoms with Gasteiger partial charge in [0, 0.05) is 5.57 Å². The quantitative estimate of drug-likeness (QED) is 0.356. The molecule has 0 aromatic rings. The third-order valence-electron chi connectivity index (χ3n) is 0.836. The molecule has 0 aliphatic carbocycles.